The lowest BCUT2D eigenvalue weighted by molar-refractivity contribution is -0.120. The zero-order valence-electron chi connectivity index (χ0n) is 21.4. The van der Waals surface area contributed by atoms with E-state index in [1.807, 2.05) is 41.5 Å². The van der Waals surface area contributed by atoms with Crippen LogP contribution in [0.4, 0.5) is 0 Å². The number of sulfone groups is 1. The van der Waals surface area contributed by atoms with Crippen LogP contribution >= 0.6 is 0 Å². The Morgan fingerprint density at radius 2 is 1.29 bits per heavy atom. The third kappa shape index (κ3) is 10.0. The monoisotopic (exact) mass is 557 g/mol. The molecule has 0 aromatic carbocycles. The maximum atomic E-state index is 11.3. The predicted molar refractivity (Wildman–Crippen MR) is 141 cm³/mol. The molecule has 3 fully saturated rings. The Bertz CT molecular complexity index is 912. The van der Waals surface area contributed by atoms with Gasteiger partial charge in [0.1, 0.15) is 22.3 Å². The van der Waals surface area contributed by atoms with Crippen LogP contribution < -0.4 is 15.4 Å². The van der Waals surface area contributed by atoms with Gasteiger partial charge in [-0.15, -0.1) is 0 Å². The van der Waals surface area contributed by atoms with Crippen molar-refractivity contribution in [3.05, 3.63) is 0 Å². The lowest BCUT2D eigenvalue weighted by atomic mass is 9.85. The second-order valence-corrected chi connectivity index (χ2v) is 16.7. The largest absolute Gasteiger partial charge is 0.340 e. The Morgan fingerprint density at radius 1 is 0.771 bits per heavy atom. The molecule has 0 spiro atoms. The highest BCUT2D eigenvalue weighted by atomic mass is 32.2. The van der Waals surface area contributed by atoms with Crippen molar-refractivity contribution in [2.24, 2.45) is 16.2 Å². The summed E-state index contributed by atoms with van der Waals surface area (Å²) >= 11 is 0. The average Bonchev–Trinajstić information content (AvgIpc) is 3.21. The summed E-state index contributed by atoms with van der Waals surface area (Å²) in [5, 5.41) is 4.27. The SMILES string of the molecule is C.CC(C)(C)C1NC(=O)CS1(=O)=O.CC(C)(C)C1NC(=O)CS1=O.CC(C)(C)C1NS(=O)CC1=O. The van der Waals surface area contributed by atoms with Gasteiger partial charge in [-0.1, -0.05) is 69.7 Å². The Hall–Kier alpha value is -1.18. The molecule has 2 amide bonds. The fourth-order valence-electron chi connectivity index (χ4n) is 3.49. The number of rotatable bonds is 0. The van der Waals surface area contributed by atoms with E-state index in [0.29, 0.717) is 0 Å². The van der Waals surface area contributed by atoms with Crippen LogP contribution in [0.1, 0.15) is 69.7 Å². The van der Waals surface area contributed by atoms with Crippen LogP contribution in [0.15, 0.2) is 0 Å². The molecule has 10 nitrogen and oxygen atoms in total. The normalized spacial score (nSPS) is 30.2. The quantitative estimate of drug-likeness (QED) is 0.401. The summed E-state index contributed by atoms with van der Waals surface area (Å²) in [7, 11) is -5.40. The number of Topliss-reactive ketones (excluding diaryl/α,β-unsaturated/α-hetero) is 1. The average molecular weight is 558 g/mol. The molecule has 206 valence electrons. The smallest absolute Gasteiger partial charge is 0.236 e. The van der Waals surface area contributed by atoms with Crippen molar-refractivity contribution in [2.75, 3.05) is 17.3 Å². The molecule has 0 saturated carbocycles. The Morgan fingerprint density at radius 3 is 1.46 bits per heavy atom. The Kier molecular flexibility index (Phi) is 11.5. The van der Waals surface area contributed by atoms with Crippen LogP contribution in [0.3, 0.4) is 0 Å². The lowest BCUT2D eigenvalue weighted by Gasteiger charge is -2.25. The van der Waals surface area contributed by atoms with Crippen molar-refractivity contribution in [1.82, 2.24) is 15.4 Å². The zero-order valence-corrected chi connectivity index (χ0v) is 23.9. The minimum atomic E-state index is -3.25. The van der Waals surface area contributed by atoms with Crippen molar-refractivity contribution >= 4 is 49.2 Å². The molecule has 0 aromatic heterocycles. The second kappa shape index (κ2) is 11.9. The summed E-state index contributed by atoms with van der Waals surface area (Å²) in [6, 6.07) is -0.233. The zero-order chi connectivity index (χ0) is 26.9. The first-order chi connectivity index (χ1) is 15.1. The molecule has 0 bridgehead atoms. The number of hydrogen-bond donors (Lipinski definition) is 3. The molecule has 3 aliphatic heterocycles. The van der Waals surface area contributed by atoms with Crippen molar-refractivity contribution < 1.29 is 31.2 Å². The molecule has 3 rings (SSSR count). The van der Waals surface area contributed by atoms with E-state index in [4.69, 9.17) is 0 Å². The summed E-state index contributed by atoms with van der Waals surface area (Å²) in [6.07, 6.45) is 0. The van der Waals surface area contributed by atoms with E-state index in [9.17, 15) is 31.2 Å². The van der Waals surface area contributed by atoms with Gasteiger partial charge in [-0.3, -0.25) is 18.6 Å². The summed E-state index contributed by atoms with van der Waals surface area (Å²) in [4.78, 5) is 32.8. The van der Waals surface area contributed by atoms with Crippen LogP contribution in [-0.2, 0) is 46.0 Å². The number of amides is 2. The molecule has 3 heterocycles. The molecule has 0 aliphatic carbocycles. The second-order valence-electron chi connectivity index (χ2n) is 11.8. The fourth-order valence-corrected chi connectivity index (χ4v) is 8.31. The molecule has 3 aliphatic rings. The third-order valence-corrected chi connectivity index (χ3v) is 10.2. The van der Waals surface area contributed by atoms with Crippen LogP contribution in [0, 0.1) is 16.2 Å². The molecule has 3 saturated heterocycles. The fraction of sp³-hybridized carbons (Fsp3) is 0.864. The molecular formula is C22H43N3O7S3. The summed E-state index contributed by atoms with van der Waals surface area (Å²) < 4.78 is 47.6. The van der Waals surface area contributed by atoms with E-state index in [1.165, 1.54) is 0 Å². The van der Waals surface area contributed by atoms with Crippen LogP contribution in [0.2, 0.25) is 0 Å². The van der Waals surface area contributed by atoms with Crippen LogP contribution in [0.5, 0.6) is 0 Å². The summed E-state index contributed by atoms with van der Waals surface area (Å²) in [5.74, 6) is -0.451. The molecular weight excluding hydrogens is 514 g/mol. The van der Waals surface area contributed by atoms with Gasteiger partial charge in [0.2, 0.25) is 11.8 Å². The van der Waals surface area contributed by atoms with Gasteiger partial charge >= 0.3 is 0 Å². The number of carbonyl (C=O) groups excluding carboxylic acids is 3. The predicted octanol–water partition coefficient (Wildman–Crippen LogP) is 1.01. The molecule has 5 atom stereocenters. The van der Waals surface area contributed by atoms with E-state index >= 15 is 0 Å². The van der Waals surface area contributed by atoms with Crippen molar-refractivity contribution in [3.63, 3.8) is 0 Å². The standard InChI is InChI=1S/C7H13NO3S.2C7H13NO2S.CH4/c1-7(2,3)6-8-5(9)4-12(6,10)11;1-7(2,3)6-8-5(9)4-11(6)10;1-7(2,3)6-5(9)4-11(10)8-6;/h6H,4H2,1-3H3,(H,8,9);6H,4H2,1-3H3,(H,8,9);6,8H,4H2,1-3H3;1H4. The van der Waals surface area contributed by atoms with Crippen LogP contribution in [0.25, 0.3) is 0 Å². The minimum Gasteiger partial charge on any atom is -0.340 e. The highest BCUT2D eigenvalue weighted by molar-refractivity contribution is 7.93. The van der Waals surface area contributed by atoms with Gasteiger partial charge in [-0.05, 0) is 16.2 Å². The number of ketones is 1. The van der Waals surface area contributed by atoms with Gasteiger partial charge in [-0.2, -0.15) is 0 Å². The molecule has 35 heavy (non-hydrogen) atoms. The van der Waals surface area contributed by atoms with E-state index in [2.05, 4.69) is 15.4 Å². The summed E-state index contributed by atoms with van der Waals surface area (Å²) in [5.41, 5.74) is -0.648. The first-order valence-corrected chi connectivity index (χ1v) is 15.3. The van der Waals surface area contributed by atoms with Gasteiger partial charge < -0.3 is 10.6 Å². The van der Waals surface area contributed by atoms with E-state index < -0.39 is 48.3 Å². The number of hydrogen-bond acceptors (Lipinski definition) is 7. The van der Waals surface area contributed by atoms with Crippen molar-refractivity contribution in [2.45, 2.75) is 86.5 Å². The third-order valence-electron chi connectivity index (χ3n) is 5.10. The Labute approximate surface area is 215 Å². The van der Waals surface area contributed by atoms with Crippen molar-refractivity contribution in [1.29, 1.82) is 0 Å². The Balaban J connectivity index is 0.000000489. The maximum Gasteiger partial charge on any atom is 0.236 e. The highest BCUT2D eigenvalue weighted by Crippen LogP contribution is 2.27. The molecule has 0 aromatic rings. The number of carbonyl (C=O) groups is 3. The van der Waals surface area contributed by atoms with E-state index in [0.717, 1.165) is 0 Å². The van der Waals surface area contributed by atoms with Gasteiger partial charge in [0.05, 0.1) is 33.6 Å². The van der Waals surface area contributed by atoms with E-state index in [-0.39, 0.29) is 58.6 Å². The molecule has 0 radical (unpaired) electrons. The van der Waals surface area contributed by atoms with Crippen molar-refractivity contribution in [3.8, 4) is 0 Å². The topological polar surface area (TPSA) is 156 Å². The maximum absolute atomic E-state index is 11.3. The first-order valence-electron chi connectivity index (χ1n) is 10.9. The number of nitrogens with one attached hydrogen (secondary N) is 3. The van der Waals surface area contributed by atoms with Gasteiger partial charge in [0.25, 0.3) is 0 Å². The van der Waals surface area contributed by atoms with E-state index in [1.54, 1.807) is 20.8 Å². The molecule has 3 N–H and O–H groups in total. The minimum absolute atomic E-state index is 0. The molecule has 13 heteroatoms. The first kappa shape index (κ1) is 33.8. The highest BCUT2D eigenvalue weighted by Gasteiger charge is 2.44. The van der Waals surface area contributed by atoms with Gasteiger partial charge in [0, 0.05) is 0 Å². The summed E-state index contributed by atoms with van der Waals surface area (Å²) in [6.45, 7) is 17.2. The lowest BCUT2D eigenvalue weighted by Crippen LogP contribution is -2.40. The van der Waals surface area contributed by atoms with Gasteiger partial charge in [0.15, 0.2) is 15.6 Å². The van der Waals surface area contributed by atoms with Gasteiger partial charge in [-0.25, -0.2) is 17.3 Å². The molecule has 5 unspecified atom stereocenters. The van der Waals surface area contributed by atoms with Crippen LogP contribution in [-0.4, -0.2) is 68.5 Å².